The Kier molecular flexibility index (Phi) is 7.69. The molecule has 0 unspecified atom stereocenters. The summed E-state index contributed by atoms with van der Waals surface area (Å²) in [4.78, 5) is 15.1. The van der Waals surface area contributed by atoms with Gasteiger partial charge in [-0.2, -0.15) is 0 Å². The summed E-state index contributed by atoms with van der Waals surface area (Å²) in [6, 6.07) is 76.2. The Morgan fingerprint density at radius 1 is 0.324 bits per heavy atom. The lowest BCUT2D eigenvalue weighted by molar-refractivity contribution is 0.436. The molecule has 14 aromatic rings. The van der Waals surface area contributed by atoms with E-state index in [0.29, 0.717) is 0 Å². The molecule has 7 nitrogen and oxygen atoms in total. The molecular formula is C64H38N6O. The highest BCUT2D eigenvalue weighted by Gasteiger charge is 2.52. The molecule has 330 valence electrons. The van der Waals surface area contributed by atoms with Gasteiger partial charge in [0.1, 0.15) is 17.3 Å². The third-order valence-electron chi connectivity index (χ3n) is 15.3. The van der Waals surface area contributed by atoms with Gasteiger partial charge in [-0.1, -0.05) is 127 Å². The maximum atomic E-state index is 7.25. The van der Waals surface area contributed by atoms with Crippen LogP contribution in [-0.4, -0.2) is 28.7 Å². The van der Waals surface area contributed by atoms with Crippen molar-refractivity contribution in [3.8, 4) is 51.2 Å². The topological polar surface area (TPSA) is 62.7 Å². The highest BCUT2D eigenvalue weighted by Crippen LogP contribution is 2.62. The summed E-state index contributed by atoms with van der Waals surface area (Å²) in [7, 11) is 0. The first-order valence-corrected chi connectivity index (χ1v) is 24.1. The minimum atomic E-state index is -0.713. The Morgan fingerprint density at radius 3 is 1.34 bits per heavy atom. The molecule has 71 heavy (non-hydrogen) atoms. The van der Waals surface area contributed by atoms with Crippen molar-refractivity contribution in [2.24, 2.45) is 0 Å². The fourth-order valence-electron chi connectivity index (χ4n) is 12.4. The molecule has 0 radical (unpaired) electrons. The van der Waals surface area contributed by atoms with Crippen LogP contribution in [0.1, 0.15) is 22.3 Å². The van der Waals surface area contributed by atoms with E-state index in [1.165, 1.54) is 21.5 Å². The number of rotatable bonds is 4. The summed E-state index contributed by atoms with van der Waals surface area (Å²) in [5, 5.41) is 7.21. The van der Waals surface area contributed by atoms with Crippen molar-refractivity contribution in [2.75, 3.05) is 0 Å². The van der Waals surface area contributed by atoms with Gasteiger partial charge in [-0.25, -0.2) is 4.98 Å². The highest BCUT2D eigenvalue weighted by atomic mass is 16.5. The highest BCUT2D eigenvalue weighted by molar-refractivity contribution is 6.12. The van der Waals surface area contributed by atoms with Gasteiger partial charge in [-0.15, -0.1) is 0 Å². The van der Waals surface area contributed by atoms with Crippen LogP contribution in [0.25, 0.3) is 105 Å². The van der Waals surface area contributed by atoms with Crippen LogP contribution in [0.15, 0.2) is 231 Å². The summed E-state index contributed by atoms with van der Waals surface area (Å²) in [5.74, 6) is 2.47. The zero-order valence-corrected chi connectivity index (χ0v) is 38.0. The smallest absolute Gasteiger partial charge is 0.137 e. The molecule has 1 aliphatic carbocycles. The Balaban J connectivity index is 0.854. The van der Waals surface area contributed by atoms with Gasteiger partial charge in [-0.05, 0) is 101 Å². The van der Waals surface area contributed by atoms with Crippen molar-refractivity contribution in [3.05, 3.63) is 253 Å². The van der Waals surface area contributed by atoms with E-state index in [0.717, 1.165) is 117 Å². The molecular weight excluding hydrogens is 869 g/mol. The van der Waals surface area contributed by atoms with Crippen LogP contribution in [0.5, 0.6) is 11.5 Å². The molecule has 1 spiro atoms. The van der Waals surface area contributed by atoms with Gasteiger partial charge >= 0.3 is 0 Å². The van der Waals surface area contributed by atoms with E-state index < -0.39 is 5.41 Å². The predicted molar refractivity (Wildman–Crippen MR) is 286 cm³/mol. The maximum absolute atomic E-state index is 7.25. The quantitative estimate of drug-likeness (QED) is 0.176. The van der Waals surface area contributed by atoms with Gasteiger partial charge in [0.2, 0.25) is 0 Å². The first-order valence-electron chi connectivity index (χ1n) is 24.1. The molecule has 7 heterocycles. The van der Waals surface area contributed by atoms with Crippen LogP contribution in [0, 0.1) is 0 Å². The second-order valence-electron chi connectivity index (χ2n) is 18.7. The van der Waals surface area contributed by atoms with Crippen LogP contribution >= 0.6 is 0 Å². The van der Waals surface area contributed by atoms with Crippen molar-refractivity contribution in [1.29, 1.82) is 0 Å². The van der Waals surface area contributed by atoms with E-state index >= 15 is 0 Å². The Hall–Kier alpha value is -9.59. The summed E-state index contributed by atoms with van der Waals surface area (Å²) in [6.45, 7) is 0. The normalized spacial score (nSPS) is 13.3. The van der Waals surface area contributed by atoms with Gasteiger partial charge in [0, 0.05) is 67.6 Å². The number of hydrogen-bond acceptors (Lipinski definition) is 4. The number of nitrogens with zero attached hydrogens (tertiary/aromatic N) is 6. The van der Waals surface area contributed by atoms with Crippen molar-refractivity contribution in [2.45, 2.75) is 5.41 Å². The van der Waals surface area contributed by atoms with Crippen LogP contribution in [0.4, 0.5) is 0 Å². The number of fused-ring (bicyclic) bond motifs is 18. The Bertz CT molecular complexity index is 4420. The molecule has 0 bridgehead atoms. The van der Waals surface area contributed by atoms with E-state index in [-0.39, 0.29) is 0 Å². The van der Waals surface area contributed by atoms with E-state index in [1.54, 1.807) is 0 Å². The SMILES string of the molecule is c1cnc2c(c1)C1(c3ccc(-c4ccc5c(c4)c4ccccc4n5-c4ccc(-n5c6ccccc6c6ccccc65)cn4)cc3Oc3cc(-n4c5ccccc5c5ccccc54)ccc31)c1cccnc1-2. The molecule has 0 N–H and O–H groups in total. The summed E-state index contributed by atoms with van der Waals surface area (Å²) >= 11 is 0. The van der Waals surface area contributed by atoms with Crippen LogP contribution in [0.2, 0.25) is 0 Å². The fraction of sp³-hybridized carbons (Fsp3) is 0.0156. The molecule has 8 aromatic carbocycles. The molecule has 0 saturated carbocycles. The van der Waals surface area contributed by atoms with Crippen molar-refractivity contribution in [3.63, 3.8) is 0 Å². The van der Waals surface area contributed by atoms with Gasteiger partial charge in [0.15, 0.2) is 0 Å². The molecule has 16 rings (SSSR count). The van der Waals surface area contributed by atoms with Crippen molar-refractivity contribution >= 4 is 65.4 Å². The van der Waals surface area contributed by atoms with Gasteiger partial charge in [-0.3, -0.25) is 14.5 Å². The zero-order chi connectivity index (χ0) is 46.4. The van der Waals surface area contributed by atoms with E-state index in [9.17, 15) is 0 Å². The molecule has 1 aliphatic heterocycles. The second kappa shape index (κ2) is 14.2. The Morgan fingerprint density at radius 2 is 0.775 bits per heavy atom. The second-order valence-corrected chi connectivity index (χ2v) is 18.7. The van der Waals surface area contributed by atoms with E-state index in [1.807, 2.05) is 30.7 Å². The third-order valence-corrected chi connectivity index (χ3v) is 15.3. The minimum absolute atomic E-state index is 0.713. The number of ether oxygens (including phenoxy) is 1. The summed E-state index contributed by atoms with van der Waals surface area (Å²) < 4.78 is 14.2. The lowest BCUT2D eigenvalue weighted by atomic mass is 9.66. The summed E-state index contributed by atoms with van der Waals surface area (Å²) in [6.07, 6.45) is 5.74. The molecule has 0 amide bonds. The van der Waals surface area contributed by atoms with Crippen LogP contribution in [0.3, 0.4) is 0 Å². The zero-order valence-electron chi connectivity index (χ0n) is 38.0. The molecule has 0 saturated heterocycles. The lowest BCUT2D eigenvalue weighted by Gasteiger charge is -2.39. The van der Waals surface area contributed by atoms with Gasteiger partial charge in [0.05, 0.1) is 61.8 Å². The number of aromatic nitrogens is 6. The molecule has 7 heteroatoms. The minimum Gasteiger partial charge on any atom is -0.457 e. The maximum Gasteiger partial charge on any atom is 0.137 e. The molecule has 0 fully saturated rings. The van der Waals surface area contributed by atoms with Crippen molar-refractivity contribution in [1.82, 2.24) is 28.7 Å². The average molecular weight is 907 g/mol. The van der Waals surface area contributed by atoms with E-state index in [4.69, 9.17) is 19.7 Å². The average Bonchev–Trinajstić information content (AvgIpc) is 4.16. The van der Waals surface area contributed by atoms with Crippen molar-refractivity contribution < 1.29 is 4.74 Å². The number of hydrogen-bond donors (Lipinski definition) is 0. The third kappa shape index (κ3) is 5.13. The fourth-order valence-corrected chi connectivity index (χ4v) is 12.4. The van der Waals surface area contributed by atoms with Crippen LogP contribution in [-0.2, 0) is 5.41 Å². The number of benzene rings is 8. The molecule has 2 aliphatic rings. The Labute approximate surface area is 406 Å². The van der Waals surface area contributed by atoms with Gasteiger partial charge in [0.25, 0.3) is 0 Å². The van der Waals surface area contributed by atoms with E-state index in [2.05, 4.69) is 214 Å². The monoisotopic (exact) mass is 906 g/mol. The lowest BCUT2D eigenvalue weighted by Crippen LogP contribution is -2.32. The first-order chi connectivity index (χ1) is 35.2. The number of pyridine rings is 3. The standard InChI is InChI=1S/C64H38N6O/c1-6-20-53-43(13-1)44-14-2-7-21-54(44)68(53)41-27-30-50-60(37-41)71-59-36-40(25-29-49(59)64(50)51-18-11-33-65-62(51)63-52(64)19-12-34-66-63)39-26-31-58-48(35-39)47-17-5-10-24-57(47)70(58)61-32-28-42(38-67-61)69-55-22-8-3-15-45(55)46-16-4-9-23-56(46)69/h1-38H. The van der Waals surface area contributed by atoms with Gasteiger partial charge < -0.3 is 13.9 Å². The predicted octanol–water partition coefficient (Wildman–Crippen LogP) is 15.3. The van der Waals surface area contributed by atoms with Crippen LogP contribution < -0.4 is 4.74 Å². The molecule has 6 aromatic heterocycles. The largest absolute Gasteiger partial charge is 0.457 e. The first kappa shape index (κ1) is 38.4. The number of para-hydroxylation sites is 5. The summed E-state index contributed by atoms with van der Waals surface area (Å²) in [5.41, 5.74) is 16.4. The molecule has 0 atom stereocenters.